The zero-order chi connectivity index (χ0) is 14.4. The molecule has 2 rings (SSSR count). The van der Waals surface area contributed by atoms with Crippen molar-refractivity contribution in [3.63, 3.8) is 0 Å². The second-order valence-corrected chi connectivity index (χ2v) is 4.32. The molecule has 0 saturated carbocycles. The lowest BCUT2D eigenvalue weighted by Crippen LogP contribution is -2.04. The molecule has 0 radical (unpaired) electrons. The summed E-state index contributed by atoms with van der Waals surface area (Å²) in [6, 6.07) is 9.16. The summed E-state index contributed by atoms with van der Waals surface area (Å²) >= 11 is 5.83. The number of aromatic nitrogens is 2. The second kappa shape index (κ2) is 6.68. The van der Waals surface area contributed by atoms with Crippen LogP contribution < -0.4 is 10.6 Å². The van der Waals surface area contributed by atoms with Crippen molar-refractivity contribution in [1.29, 1.82) is 5.41 Å². The summed E-state index contributed by atoms with van der Waals surface area (Å²) in [7, 11) is 1.79. The van der Waals surface area contributed by atoms with E-state index in [9.17, 15) is 0 Å². The number of para-hydroxylation sites is 1. The Balaban J connectivity index is 2.28. The van der Waals surface area contributed by atoms with Crippen LogP contribution in [-0.2, 0) is 0 Å². The van der Waals surface area contributed by atoms with Crippen LogP contribution in [0.1, 0.15) is 5.56 Å². The van der Waals surface area contributed by atoms with Crippen molar-refractivity contribution in [1.82, 2.24) is 15.3 Å². The zero-order valence-corrected chi connectivity index (χ0v) is 11.6. The van der Waals surface area contributed by atoms with Gasteiger partial charge >= 0.3 is 0 Å². The lowest BCUT2D eigenvalue weighted by molar-refractivity contribution is 1.10. The molecular weight excluding hydrogens is 274 g/mol. The van der Waals surface area contributed by atoms with Gasteiger partial charge in [0.2, 0.25) is 0 Å². The molecule has 0 aliphatic heterocycles. The summed E-state index contributed by atoms with van der Waals surface area (Å²) in [5.74, 6) is 0.586. The third kappa shape index (κ3) is 3.55. The number of halogens is 1. The second-order valence-electron chi connectivity index (χ2n) is 3.93. The first-order valence-corrected chi connectivity index (χ1v) is 6.35. The van der Waals surface area contributed by atoms with E-state index in [0.29, 0.717) is 16.7 Å². The molecule has 0 aliphatic carbocycles. The third-order valence-corrected chi connectivity index (χ3v) is 2.74. The highest BCUT2D eigenvalue weighted by atomic mass is 35.5. The van der Waals surface area contributed by atoms with Gasteiger partial charge in [-0.3, -0.25) is 0 Å². The van der Waals surface area contributed by atoms with E-state index in [2.05, 4.69) is 20.6 Å². The fourth-order valence-electron chi connectivity index (χ4n) is 1.62. The van der Waals surface area contributed by atoms with E-state index in [-0.39, 0.29) is 0 Å². The summed E-state index contributed by atoms with van der Waals surface area (Å²) in [6.07, 6.45) is 4.79. The molecule has 0 fully saturated rings. The van der Waals surface area contributed by atoms with Gasteiger partial charge < -0.3 is 16.0 Å². The number of hydrogen-bond donors (Lipinski definition) is 3. The van der Waals surface area contributed by atoms with Crippen LogP contribution in [0.15, 0.2) is 48.9 Å². The number of hydrogen-bond acceptors (Lipinski definition) is 5. The Morgan fingerprint density at radius 3 is 2.85 bits per heavy atom. The molecular formula is C14H14ClN5. The molecule has 1 aromatic heterocycles. The molecule has 3 N–H and O–H groups in total. The highest BCUT2D eigenvalue weighted by Crippen LogP contribution is 2.21. The van der Waals surface area contributed by atoms with Gasteiger partial charge in [0.1, 0.15) is 17.3 Å². The first-order chi connectivity index (χ1) is 9.70. The van der Waals surface area contributed by atoms with Gasteiger partial charge in [-0.1, -0.05) is 29.8 Å². The Kier molecular flexibility index (Phi) is 4.68. The molecule has 0 amide bonds. The van der Waals surface area contributed by atoms with Gasteiger partial charge in [0, 0.05) is 24.4 Å². The van der Waals surface area contributed by atoms with Gasteiger partial charge in [-0.25, -0.2) is 9.97 Å². The Labute approximate surface area is 122 Å². The predicted molar refractivity (Wildman–Crippen MR) is 81.8 cm³/mol. The van der Waals surface area contributed by atoms with Crippen molar-refractivity contribution in [2.24, 2.45) is 0 Å². The smallest absolute Gasteiger partial charge is 0.135 e. The zero-order valence-electron chi connectivity index (χ0n) is 10.9. The van der Waals surface area contributed by atoms with E-state index < -0.39 is 0 Å². The Hall–Kier alpha value is -2.40. The average Bonchev–Trinajstić information content (AvgIpc) is 2.45. The van der Waals surface area contributed by atoms with Crippen LogP contribution in [0.5, 0.6) is 0 Å². The summed E-state index contributed by atoms with van der Waals surface area (Å²) in [5, 5.41) is 14.4. The van der Waals surface area contributed by atoms with Gasteiger partial charge in [-0.2, -0.15) is 0 Å². The summed E-state index contributed by atoms with van der Waals surface area (Å²) in [4.78, 5) is 7.92. The van der Waals surface area contributed by atoms with Crippen molar-refractivity contribution in [2.45, 2.75) is 0 Å². The topological polar surface area (TPSA) is 73.7 Å². The number of nitrogens with one attached hydrogen (secondary N) is 3. The minimum absolute atomic E-state index is 0.366. The fourth-order valence-corrected chi connectivity index (χ4v) is 1.77. The standard InChI is InChI=1S/C14H14ClN5/c1-17-7-6-11(16)10-4-2-3-5-12(10)20-14-8-13(15)18-9-19-14/h2-9,16-17H,1H3,(H,18,19,20)/b7-6-,16-11?. The minimum atomic E-state index is 0.366. The molecule has 0 aliphatic rings. The largest absolute Gasteiger partial charge is 0.394 e. The van der Waals surface area contributed by atoms with Crippen LogP contribution in [0, 0.1) is 5.41 Å². The summed E-state index contributed by atoms with van der Waals surface area (Å²) in [6.45, 7) is 0. The van der Waals surface area contributed by atoms with Crippen molar-refractivity contribution in [3.05, 3.63) is 59.7 Å². The molecule has 102 valence electrons. The molecule has 6 heteroatoms. The fraction of sp³-hybridized carbons (Fsp3) is 0.0714. The molecule has 0 unspecified atom stereocenters. The van der Waals surface area contributed by atoms with Crippen LogP contribution in [0.2, 0.25) is 5.15 Å². The molecule has 1 heterocycles. The molecule has 5 nitrogen and oxygen atoms in total. The lowest BCUT2D eigenvalue weighted by Gasteiger charge is -2.10. The Morgan fingerprint density at radius 2 is 2.10 bits per heavy atom. The van der Waals surface area contributed by atoms with Crippen molar-refractivity contribution in [2.75, 3.05) is 12.4 Å². The van der Waals surface area contributed by atoms with E-state index in [1.807, 2.05) is 24.3 Å². The van der Waals surface area contributed by atoms with Crippen molar-refractivity contribution in [3.8, 4) is 0 Å². The van der Waals surface area contributed by atoms with Crippen LogP contribution >= 0.6 is 11.6 Å². The van der Waals surface area contributed by atoms with E-state index in [1.165, 1.54) is 6.33 Å². The van der Waals surface area contributed by atoms with Crippen LogP contribution in [-0.4, -0.2) is 22.7 Å². The number of nitrogens with zero attached hydrogens (tertiary/aromatic N) is 2. The van der Waals surface area contributed by atoms with Crippen molar-refractivity contribution < 1.29 is 0 Å². The quantitative estimate of drug-likeness (QED) is 0.584. The monoisotopic (exact) mass is 287 g/mol. The maximum absolute atomic E-state index is 8.06. The molecule has 1 aromatic carbocycles. The first kappa shape index (κ1) is 14.0. The highest BCUT2D eigenvalue weighted by molar-refractivity contribution is 6.29. The maximum Gasteiger partial charge on any atom is 0.135 e. The van der Waals surface area contributed by atoms with Gasteiger partial charge in [0.05, 0.1) is 5.71 Å². The van der Waals surface area contributed by atoms with Crippen LogP contribution in [0.25, 0.3) is 0 Å². The Bertz CT molecular complexity index is 639. The van der Waals surface area contributed by atoms with Crippen LogP contribution in [0.4, 0.5) is 11.5 Å². The molecule has 0 saturated heterocycles. The maximum atomic E-state index is 8.06. The van der Waals surface area contributed by atoms with Gasteiger partial charge in [0.25, 0.3) is 0 Å². The number of benzene rings is 1. The van der Waals surface area contributed by atoms with Crippen LogP contribution in [0.3, 0.4) is 0 Å². The Morgan fingerprint density at radius 1 is 1.30 bits per heavy atom. The van der Waals surface area contributed by atoms with E-state index >= 15 is 0 Å². The van der Waals surface area contributed by atoms with E-state index in [0.717, 1.165) is 11.3 Å². The molecule has 2 aromatic rings. The number of allylic oxidation sites excluding steroid dienone is 1. The third-order valence-electron chi connectivity index (χ3n) is 2.53. The van der Waals surface area contributed by atoms with Gasteiger partial charge in [0.15, 0.2) is 0 Å². The number of anilines is 2. The first-order valence-electron chi connectivity index (χ1n) is 5.97. The SMILES string of the molecule is CN/C=C\C(=N)c1ccccc1Nc1cc(Cl)ncn1. The molecule has 0 spiro atoms. The van der Waals surface area contributed by atoms with E-state index in [1.54, 1.807) is 25.4 Å². The highest BCUT2D eigenvalue weighted by Gasteiger charge is 2.06. The predicted octanol–water partition coefficient (Wildman–Crippen LogP) is 2.97. The molecule has 0 bridgehead atoms. The summed E-state index contributed by atoms with van der Waals surface area (Å²) < 4.78 is 0. The molecule has 0 atom stereocenters. The average molecular weight is 288 g/mol. The lowest BCUT2D eigenvalue weighted by atomic mass is 10.1. The minimum Gasteiger partial charge on any atom is -0.394 e. The van der Waals surface area contributed by atoms with Crippen molar-refractivity contribution >= 4 is 28.8 Å². The van der Waals surface area contributed by atoms with E-state index in [4.69, 9.17) is 17.0 Å². The van der Waals surface area contributed by atoms with Gasteiger partial charge in [-0.15, -0.1) is 0 Å². The summed E-state index contributed by atoms with van der Waals surface area (Å²) in [5.41, 5.74) is 1.95. The normalized spacial score (nSPS) is 10.5. The number of rotatable bonds is 5. The van der Waals surface area contributed by atoms with Gasteiger partial charge in [-0.05, 0) is 18.3 Å². The molecule has 20 heavy (non-hydrogen) atoms.